The molecule has 1 atom stereocenters. The second-order valence-corrected chi connectivity index (χ2v) is 4.31. The Morgan fingerprint density at radius 2 is 2.05 bits per heavy atom. The van der Waals surface area contributed by atoms with Gasteiger partial charge in [0.05, 0.1) is 5.92 Å². The molecule has 4 nitrogen and oxygen atoms in total. The van der Waals surface area contributed by atoms with Crippen molar-refractivity contribution in [2.24, 2.45) is 5.92 Å². The number of carboxylic acids is 1. The van der Waals surface area contributed by atoms with Crippen LogP contribution in [0.25, 0.3) is 6.08 Å². The van der Waals surface area contributed by atoms with Gasteiger partial charge in [-0.2, -0.15) is 0 Å². The number of hydrogen-bond acceptors (Lipinski definition) is 2. The zero-order valence-electron chi connectivity index (χ0n) is 10.8. The minimum Gasteiger partial charge on any atom is -0.481 e. The van der Waals surface area contributed by atoms with Crippen LogP contribution in [-0.2, 0) is 9.59 Å². The molecule has 0 saturated heterocycles. The van der Waals surface area contributed by atoms with Crippen molar-refractivity contribution >= 4 is 18.0 Å². The van der Waals surface area contributed by atoms with Gasteiger partial charge < -0.3 is 10.0 Å². The highest BCUT2D eigenvalue weighted by Gasteiger charge is 2.15. The van der Waals surface area contributed by atoms with Crippen molar-refractivity contribution in [1.29, 1.82) is 0 Å². The number of rotatable bonds is 5. The normalized spacial score (nSPS) is 12.4. The van der Waals surface area contributed by atoms with Gasteiger partial charge in [-0.25, -0.2) is 4.39 Å². The average molecular weight is 265 g/mol. The summed E-state index contributed by atoms with van der Waals surface area (Å²) in [6, 6.07) is 6.10. The van der Waals surface area contributed by atoms with E-state index in [1.807, 2.05) is 0 Å². The zero-order valence-corrected chi connectivity index (χ0v) is 10.8. The van der Waals surface area contributed by atoms with Crippen molar-refractivity contribution < 1.29 is 19.1 Å². The summed E-state index contributed by atoms with van der Waals surface area (Å²) >= 11 is 0. The van der Waals surface area contributed by atoms with Gasteiger partial charge in [-0.1, -0.05) is 25.1 Å². The molecule has 1 unspecified atom stereocenters. The fourth-order valence-corrected chi connectivity index (χ4v) is 1.48. The van der Waals surface area contributed by atoms with E-state index in [0.717, 1.165) is 0 Å². The molecule has 1 aromatic carbocycles. The van der Waals surface area contributed by atoms with Gasteiger partial charge in [0.1, 0.15) is 5.82 Å². The second kappa shape index (κ2) is 6.68. The molecule has 1 amide bonds. The number of benzene rings is 1. The highest BCUT2D eigenvalue weighted by atomic mass is 19.1. The Morgan fingerprint density at radius 3 is 2.63 bits per heavy atom. The lowest BCUT2D eigenvalue weighted by molar-refractivity contribution is -0.142. The van der Waals surface area contributed by atoms with Crippen LogP contribution in [0.2, 0.25) is 0 Å². The summed E-state index contributed by atoms with van der Waals surface area (Å²) in [7, 11) is 1.51. The van der Waals surface area contributed by atoms with Gasteiger partial charge in [0, 0.05) is 25.2 Å². The van der Waals surface area contributed by atoms with Crippen LogP contribution in [0.15, 0.2) is 30.3 Å². The maximum absolute atomic E-state index is 13.3. The number of carbonyl (C=O) groups excluding carboxylic acids is 1. The molecule has 0 saturated carbocycles. The van der Waals surface area contributed by atoms with Gasteiger partial charge in [0.15, 0.2) is 0 Å². The number of carbonyl (C=O) groups is 2. The first kappa shape index (κ1) is 14.9. The van der Waals surface area contributed by atoms with Crippen LogP contribution in [0, 0.1) is 11.7 Å². The van der Waals surface area contributed by atoms with Gasteiger partial charge in [-0.15, -0.1) is 0 Å². The Hall–Kier alpha value is -2.17. The van der Waals surface area contributed by atoms with Crippen molar-refractivity contribution in [1.82, 2.24) is 4.90 Å². The zero-order chi connectivity index (χ0) is 14.4. The van der Waals surface area contributed by atoms with Crippen molar-refractivity contribution in [2.75, 3.05) is 13.6 Å². The predicted molar refractivity (Wildman–Crippen MR) is 69.9 cm³/mol. The fourth-order valence-electron chi connectivity index (χ4n) is 1.48. The number of likely N-dealkylation sites (N-methyl/N-ethyl adjacent to an activating group) is 1. The molecule has 0 radical (unpaired) electrons. The second-order valence-electron chi connectivity index (χ2n) is 4.31. The predicted octanol–water partition coefficient (Wildman–Crippen LogP) is 2.02. The molecule has 0 aromatic heterocycles. The lowest BCUT2D eigenvalue weighted by atomic mass is 10.1. The highest BCUT2D eigenvalue weighted by Crippen LogP contribution is 2.08. The Kier molecular flexibility index (Phi) is 5.23. The first-order valence-electron chi connectivity index (χ1n) is 5.82. The SMILES string of the molecule is CC(CN(C)C(=O)C=Cc1ccccc1F)C(=O)O. The molecule has 102 valence electrons. The Labute approximate surface area is 111 Å². The molecule has 19 heavy (non-hydrogen) atoms. The molecule has 0 fully saturated rings. The van der Waals surface area contributed by atoms with Crippen molar-refractivity contribution in [3.05, 3.63) is 41.7 Å². The molecule has 1 rings (SSSR count). The number of nitrogens with zero attached hydrogens (tertiary/aromatic N) is 1. The van der Waals surface area contributed by atoms with Crippen LogP contribution in [0.1, 0.15) is 12.5 Å². The third-order valence-electron chi connectivity index (χ3n) is 2.66. The Balaban J connectivity index is 2.64. The smallest absolute Gasteiger partial charge is 0.308 e. The van der Waals surface area contributed by atoms with Crippen LogP contribution in [0.4, 0.5) is 4.39 Å². The van der Waals surface area contributed by atoms with E-state index in [2.05, 4.69) is 0 Å². The van der Waals surface area contributed by atoms with E-state index in [9.17, 15) is 14.0 Å². The minimum absolute atomic E-state index is 0.107. The van der Waals surface area contributed by atoms with Gasteiger partial charge in [0.25, 0.3) is 0 Å². The minimum atomic E-state index is -0.960. The Bertz CT molecular complexity index is 499. The first-order valence-corrected chi connectivity index (χ1v) is 5.82. The summed E-state index contributed by atoms with van der Waals surface area (Å²) < 4.78 is 13.3. The molecule has 0 spiro atoms. The van der Waals surface area contributed by atoms with Crippen molar-refractivity contribution in [3.63, 3.8) is 0 Å². The van der Waals surface area contributed by atoms with E-state index >= 15 is 0 Å². The van der Waals surface area contributed by atoms with Gasteiger partial charge in [0.2, 0.25) is 5.91 Å². The quantitative estimate of drug-likeness (QED) is 0.829. The molecular weight excluding hydrogens is 249 g/mol. The number of aliphatic carboxylic acids is 1. The first-order chi connectivity index (χ1) is 8.91. The molecule has 0 heterocycles. The number of halogens is 1. The fraction of sp³-hybridized carbons (Fsp3) is 0.286. The summed E-state index contributed by atoms with van der Waals surface area (Å²) in [6.45, 7) is 1.63. The highest BCUT2D eigenvalue weighted by molar-refractivity contribution is 5.91. The topological polar surface area (TPSA) is 57.6 Å². The van der Waals surface area contributed by atoms with E-state index < -0.39 is 17.7 Å². The van der Waals surface area contributed by atoms with Crippen LogP contribution in [0.5, 0.6) is 0 Å². The monoisotopic (exact) mass is 265 g/mol. The summed E-state index contributed by atoms with van der Waals surface area (Å²) in [5.41, 5.74) is 0.315. The van der Waals surface area contributed by atoms with Gasteiger partial charge in [-0.05, 0) is 12.1 Å². The molecule has 0 bridgehead atoms. The van der Waals surface area contributed by atoms with Crippen LogP contribution < -0.4 is 0 Å². The van der Waals surface area contributed by atoms with Crippen molar-refractivity contribution in [2.45, 2.75) is 6.92 Å². The van der Waals surface area contributed by atoms with Gasteiger partial charge in [-0.3, -0.25) is 9.59 Å². The van der Waals surface area contributed by atoms with Crippen LogP contribution in [0.3, 0.4) is 0 Å². The number of amides is 1. The molecule has 0 aliphatic carbocycles. The maximum Gasteiger partial charge on any atom is 0.308 e. The van der Waals surface area contributed by atoms with Crippen molar-refractivity contribution in [3.8, 4) is 0 Å². The molecular formula is C14H16FNO3. The van der Waals surface area contributed by atoms with E-state index in [0.29, 0.717) is 5.56 Å². The van der Waals surface area contributed by atoms with E-state index in [-0.39, 0.29) is 12.5 Å². The maximum atomic E-state index is 13.3. The third kappa shape index (κ3) is 4.54. The van der Waals surface area contributed by atoms with E-state index in [4.69, 9.17) is 5.11 Å². The summed E-state index contributed by atoms with van der Waals surface area (Å²) in [5.74, 6) is -2.38. The standard InChI is InChI=1S/C14H16FNO3/c1-10(14(18)19)9-16(2)13(17)8-7-11-5-3-4-6-12(11)15/h3-8,10H,9H2,1-2H3,(H,18,19). The number of hydrogen-bond donors (Lipinski definition) is 1. The Morgan fingerprint density at radius 1 is 1.42 bits per heavy atom. The summed E-state index contributed by atoms with van der Waals surface area (Å²) in [6.07, 6.45) is 2.60. The summed E-state index contributed by atoms with van der Waals surface area (Å²) in [4.78, 5) is 23.7. The third-order valence-corrected chi connectivity index (χ3v) is 2.66. The van der Waals surface area contributed by atoms with E-state index in [1.165, 1.54) is 37.1 Å². The summed E-state index contributed by atoms with van der Waals surface area (Å²) in [5, 5.41) is 8.75. The lowest BCUT2D eigenvalue weighted by Crippen LogP contribution is -2.32. The van der Waals surface area contributed by atoms with Gasteiger partial charge >= 0.3 is 5.97 Å². The molecule has 1 aromatic rings. The van der Waals surface area contributed by atoms with E-state index in [1.54, 1.807) is 18.2 Å². The lowest BCUT2D eigenvalue weighted by Gasteiger charge is -2.17. The van der Waals surface area contributed by atoms with Crippen LogP contribution >= 0.6 is 0 Å². The number of carboxylic acid groups (broad SMARTS) is 1. The van der Waals surface area contributed by atoms with Crippen LogP contribution in [-0.4, -0.2) is 35.5 Å². The molecule has 5 heteroatoms. The molecule has 0 aliphatic heterocycles. The largest absolute Gasteiger partial charge is 0.481 e. The molecule has 1 N–H and O–H groups in total. The average Bonchev–Trinajstić information content (AvgIpc) is 2.37. The molecule has 0 aliphatic rings.